The number of ether oxygens (including phenoxy) is 1. The second kappa shape index (κ2) is 11.0. The highest BCUT2D eigenvalue weighted by Gasteiger charge is 2.51. The summed E-state index contributed by atoms with van der Waals surface area (Å²) in [5.41, 5.74) is 12.7. The summed E-state index contributed by atoms with van der Waals surface area (Å²) in [7, 11) is 0. The van der Waals surface area contributed by atoms with Crippen molar-refractivity contribution in [2.24, 2.45) is 0 Å². The van der Waals surface area contributed by atoms with Crippen molar-refractivity contribution >= 4 is 22.1 Å². The number of fused-ring (bicyclic) bond motifs is 10. The van der Waals surface area contributed by atoms with E-state index >= 15 is 0 Å². The second-order valence-corrected chi connectivity index (χ2v) is 13.2. The van der Waals surface area contributed by atoms with Gasteiger partial charge in [-0.25, -0.2) is 0 Å². The molecule has 2 nitrogen and oxygen atoms in total. The van der Waals surface area contributed by atoms with Gasteiger partial charge in [0.2, 0.25) is 0 Å². The number of allylic oxidation sites excluding steroid dienone is 3. The summed E-state index contributed by atoms with van der Waals surface area (Å²) in [6.45, 7) is 0. The fourth-order valence-electron chi connectivity index (χ4n) is 8.37. The van der Waals surface area contributed by atoms with Crippen LogP contribution in [0.1, 0.15) is 35.1 Å². The molecule has 1 spiro atoms. The molecule has 7 aromatic carbocycles. The van der Waals surface area contributed by atoms with Crippen LogP contribution in [0.25, 0.3) is 33.0 Å². The number of hydrogen-bond acceptors (Lipinski definition) is 2. The molecule has 2 aliphatic carbocycles. The molecule has 3 aliphatic rings. The smallest absolute Gasteiger partial charge is 0.132 e. The fraction of sp³-hybridized carbons (Fsp3) is 0.0638. The minimum atomic E-state index is -0.548. The molecule has 10 rings (SSSR count). The maximum atomic E-state index is 6.81. The van der Waals surface area contributed by atoms with E-state index in [1.807, 2.05) is 0 Å². The van der Waals surface area contributed by atoms with Crippen molar-refractivity contribution in [1.29, 1.82) is 0 Å². The van der Waals surface area contributed by atoms with Crippen LogP contribution >= 0.6 is 0 Å². The molecule has 0 amide bonds. The van der Waals surface area contributed by atoms with Crippen LogP contribution in [0.4, 0.5) is 11.4 Å². The van der Waals surface area contributed by atoms with Crippen LogP contribution in [-0.4, -0.2) is 0 Å². The van der Waals surface area contributed by atoms with E-state index < -0.39 is 5.41 Å². The third-order valence-corrected chi connectivity index (χ3v) is 10.5. The van der Waals surface area contributed by atoms with Gasteiger partial charge in [-0.2, -0.15) is 0 Å². The van der Waals surface area contributed by atoms with Gasteiger partial charge in [-0.15, -0.1) is 0 Å². The molecule has 0 aromatic heterocycles. The Morgan fingerprint density at radius 1 is 0.469 bits per heavy atom. The van der Waals surface area contributed by atoms with Crippen LogP contribution in [0.2, 0.25) is 0 Å². The van der Waals surface area contributed by atoms with E-state index in [0.29, 0.717) is 0 Å². The van der Waals surface area contributed by atoms with Gasteiger partial charge in [-0.05, 0) is 99.5 Å². The zero-order chi connectivity index (χ0) is 32.4. The van der Waals surface area contributed by atoms with Crippen LogP contribution in [-0.2, 0) is 5.41 Å². The van der Waals surface area contributed by atoms with E-state index in [4.69, 9.17) is 4.74 Å². The summed E-state index contributed by atoms with van der Waals surface area (Å²) < 4.78 is 6.81. The summed E-state index contributed by atoms with van der Waals surface area (Å²) in [4.78, 5) is 2.43. The van der Waals surface area contributed by atoms with Gasteiger partial charge < -0.3 is 9.64 Å². The van der Waals surface area contributed by atoms with Gasteiger partial charge in [-0.1, -0.05) is 133 Å². The number of anilines is 2. The molecule has 0 N–H and O–H groups in total. The monoisotopic (exact) mass is 627 g/mol. The molecular weight excluding hydrogens is 595 g/mol. The Morgan fingerprint density at radius 3 is 2.06 bits per heavy atom. The quantitative estimate of drug-likeness (QED) is 0.192. The first kappa shape index (κ1) is 27.9. The SMILES string of the molecule is C1=CC(N(c2ccc3c(c2)C2(c4ccccc4Oc4cc(-c5ccccc5)ccc42)c2ccccc2-3)c2ccc3ccccc3c2)=CCC1. The Morgan fingerprint density at radius 2 is 1.18 bits per heavy atom. The van der Waals surface area contributed by atoms with E-state index in [0.717, 1.165) is 41.3 Å². The molecule has 1 atom stereocenters. The van der Waals surface area contributed by atoms with Crippen molar-refractivity contribution in [3.05, 3.63) is 204 Å². The van der Waals surface area contributed by atoms with Crippen LogP contribution in [0.15, 0.2) is 182 Å². The van der Waals surface area contributed by atoms with Crippen LogP contribution in [0, 0.1) is 0 Å². The first-order chi connectivity index (χ1) is 24.3. The second-order valence-electron chi connectivity index (χ2n) is 13.2. The Balaban J connectivity index is 1.24. The van der Waals surface area contributed by atoms with Gasteiger partial charge in [0.05, 0.1) is 5.41 Å². The predicted octanol–water partition coefficient (Wildman–Crippen LogP) is 12.3. The topological polar surface area (TPSA) is 12.5 Å². The molecule has 0 fully saturated rings. The molecule has 49 heavy (non-hydrogen) atoms. The normalized spacial score (nSPS) is 16.7. The Labute approximate surface area is 286 Å². The lowest BCUT2D eigenvalue weighted by atomic mass is 9.66. The Bertz CT molecular complexity index is 2490. The molecule has 1 aliphatic heterocycles. The summed E-state index contributed by atoms with van der Waals surface area (Å²) >= 11 is 0. The Hall–Kier alpha value is -6.12. The van der Waals surface area contributed by atoms with E-state index in [-0.39, 0.29) is 0 Å². The van der Waals surface area contributed by atoms with Crippen molar-refractivity contribution in [1.82, 2.24) is 0 Å². The van der Waals surface area contributed by atoms with Crippen LogP contribution in [0.3, 0.4) is 0 Å². The number of rotatable bonds is 4. The third-order valence-electron chi connectivity index (χ3n) is 10.5. The summed E-state index contributed by atoms with van der Waals surface area (Å²) in [6, 6.07) is 57.5. The van der Waals surface area contributed by atoms with Crippen LogP contribution < -0.4 is 9.64 Å². The number of nitrogens with zero attached hydrogens (tertiary/aromatic N) is 1. The molecule has 0 saturated carbocycles. The minimum absolute atomic E-state index is 0.548. The van der Waals surface area contributed by atoms with Crippen molar-refractivity contribution in [3.63, 3.8) is 0 Å². The fourth-order valence-corrected chi connectivity index (χ4v) is 8.37. The summed E-state index contributed by atoms with van der Waals surface area (Å²) in [6.07, 6.45) is 9.04. The molecule has 1 heterocycles. The minimum Gasteiger partial charge on any atom is -0.457 e. The lowest BCUT2D eigenvalue weighted by Gasteiger charge is -2.40. The third kappa shape index (κ3) is 4.20. The van der Waals surface area contributed by atoms with Crippen molar-refractivity contribution in [2.45, 2.75) is 18.3 Å². The molecule has 7 aromatic rings. The summed E-state index contributed by atoms with van der Waals surface area (Å²) in [5.74, 6) is 1.80. The number of benzene rings is 7. The first-order valence-electron chi connectivity index (χ1n) is 17.2. The standard InChI is InChI=1S/C47H33NO/c1-3-13-32(14-4-1)35-24-28-43-46(30-35)49-45-22-12-11-21-42(45)47(43)41-20-10-9-19-39(41)40-27-26-38(31-44(40)47)48(36-17-5-2-6-18-36)37-25-23-33-15-7-8-16-34(33)29-37/h1,3-5,7-31H,2,6H2. The van der Waals surface area contributed by atoms with Crippen molar-refractivity contribution < 1.29 is 4.74 Å². The van der Waals surface area contributed by atoms with E-state index in [2.05, 4.69) is 181 Å². The molecule has 0 radical (unpaired) electrons. The van der Waals surface area contributed by atoms with Crippen molar-refractivity contribution in [2.75, 3.05) is 4.90 Å². The predicted molar refractivity (Wildman–Crippen MR) is 202 cm³/mol. The lowest BCUT2D eigenvalue weighted by Crippen LogP contribution is -2.32. The molecular formula is C47H33NO. The largest absolute Gasteiger partial charge is 0.457 e. The molecule has 0 saturated heterocycles. The van der Waals surface area contributed by atoms with E-state index in [1.165, 1.54) is 55.4 Å². The maximum absolute atomic E-state index is 6.81. The zero-order valence-electron chi connectivity index (χ0n) is 27.0. The van der Waals surface area contributed by atoms with Gasteiger partial charge in [0, 0.05) is 28.2 Å². The highest BCUT2D eigenvalue weighted by atomic mass is 16.5. The molecule has 1 unspecified atom stereocenters. The van der Waals surface area contributed by atoms with Crippen molar-refractivity contribution in [3.8, 4) is 33.8 Å². The van der Waals surface area contributed by atoms with E-state index in [9.17, 15) is 0 Å². The highest BCUT2D eigenvalue weighted by Crippen LogP contribution is 2.63. The van der Waals surface area contributed by atoms with Gasteiger partial charge >= 0.3 is 0 Å². The molecule has 2 heteroatoms. The van der Waals surface area contributed by atoms with Gasteiger partial charge in [-0.3, -0.25) is 0 Å². The first-order valence-corrected chi connectivity index (χ1v) is 17.2. The summed E-state index contributed by atoms with van der Waals surface area (Å²) in [5, 5.41) is 2.48. The average Bonchev–Trinajstić information content (AvgIpc) is 3.45. The highest BCUT2D eigenvalue weighted by molar-refractivity contribution is 5.92. The molecule has 0 bridgehead atoms. The average molecular weight is 628 g/mol. The van der Waals surface area contributed by atoms with Crippen LogP contribution in [0.5, 0.6) is 11.5 Å². The number of para-hydroxylation sites is 1. The maximum Gasteiger partial charge on any atom is 0.132 e. The van der Waals surface area contributed by atoms with E-state index in [1.54, 1.807) is 0 Å². The lowest BCUT2D eigenvalue weighted by molar-refractivity contribution is 0.436. The Kier molecular flexibility index (Phi) is 6.25. The number of hydrogen-bond donors (Lipinski definition) is 0. The molecule has 232 valence electrons. The van der Waals surface area contributed by atoms with Gasteiger partial charge in [0.25, 0.3) is 0 Å². The van der Waals surface area contributed by atoms with Gasteiger partial charge in [0.15, 0.2) is 0 Å². The zero-order valence-corrected chi connectivity index (χ0v) is 27.0. The van der Waals surface area contributed by atoms with Gasteiger partial charge in [0.1, 0.15) is 11.5 Å².